The van der Waals surface area contributed by atoms with Gasteiger partial charge in [0.1, 0.15) is 5.60 Å². The topological polar surface area (TPSA) is 61.8 Å². The van der Waals surface area contributed by atoms with Crippen molar-refractivity contribution in [2.24, 2.45) is 29.1 Å². The zero-order chi connectivity index (χ0) is 21.3. The Hall–Kier alpha value is -1.10. The normalized spacial score (nSPS) is 33.0. The number of hydrogen-bond donors (Lipinski definition) is 0. The summed E-state index contributed by atoms with van der Waals surface area (Å²) in [5.41, 5.74) is -1.17. The summed E-state index contributed by atoms with van der Waals surface area (Å²) in [5, 5.41) is 0. The van der Waals surface area contributed by atoms with Gasteiger partial charge in [-0.3, -0.25) is 9.59 Å². The lowest BCUT2D eigenvalue weighted by atomic mass is 9.75. The van der Waals surface area contributed by atoms with Gasteiger partial charge in [0.25, 0.3) is 0 Å². The fraction of sp³-hybridized carbons (Fsp3) is 0.913. The average Bonchev–Trinajstić information content (AvgIpc) is 2.72. The molecule has 5 nitrogen and oxygen atoms in total. The van der Waals surface area contributed by atoms with E-state index in [4.69, 9.17) is 14.2 Å². The lowest BCUT2D eigenvalue weighted by molar-refractivity contribution is -0.196. The predicted octanol–water partition coefficient (Wildman–Crippen LogP) is 5.11. The van der Waals surface area contributed by atoms with E-state index in [1.165, 1.54) is 6.42 Å². The van der Waals surface area contributed by atoms with Crippen LogP contribution < -0.4 is 0 Å². The standard InChI is InChI=1S/C23H40O5/c1-14(2)16-10-9-15(3)13-18(16)26-20-17(23(7,8)21(25)27-20)11-12-19(24)28-22(4,5)6/h14-18,20H,9-13H2,1-8H3/t15-,16+,17+,18-,20-/m0/s1. The van der Waals surface area contributed by atoms with Crippen LogP contribution in [0.15, 0.2) is 0 Å². The Bertz CT molecular complexity index is 560. The van der Waals surface area contributed by atoms with E-state index >= 15 is 0 Å². The number of carbonyl (C=O) groups is 2. The van der Waals surface area contributed by atoms with Crippen molar-refractivity contribution in [3.8, 4) is 0 Å². The first-order valence-electron chi connectivity index (χ1n) is 10.9. The summed E-state index contributed by atoms with van der Waals surface area (Å²) >= 11 is 0. The van der Waals surface area contributed by atoms with Crippen LogP contribution >= 0.6 is 0 Å². The van der Waals surface area contributed by atoms with Crippen molar-refractivity contribution >= 4 is 11.9 Å². The minimum atomic E-state index is -0.666. The summed E-state index contributed by atoms with van der Waals surface area (Å²) in [6.45, 7) is 16.1. The first-order valence-corrected chi connectivity index (χ1v) is 10.9. The zero-order valence-corrected chi connectivity index (χ0v) is 19.0. The monoisotopic (exact) mass is 396 g/mol. The second-order valence-corrected chi connectivity index (χ2v) is 10.7. The molecule has 0 aromatic rings. The molecule has 2 aliphatic rings. The molecule has 1 saturated heterocycles. The van der Waals surface area contributed by atoms with Crippen molar-refractivity contribution in [3.63, 3.8) is 0 Å². The van der Waals surface area contributed by atoms with E-state index < -0.39 is 17.3 Å². The van der Waals surface area contributed by atoms with Crippen molar-refractivity contribution in [3.05, 3.63) is 0 Å². The van der Waals surface area contributed by atoms with Crippen LogP contribution in [0.3, 0.4) is 0 Å². The minimum absolute atomic E-state index is 0.0967. The Balaban J connectivity index is 2.08. The zero-order valence-electron chi connectivity index (χ0n) is 19.0. The van der Waals surface area contributed by atoms with Crippen molar-refractivity contribution in [1.82, 2.24) is 0 Å². The molecular formula is C23H40O5. The smallest absolute Gasteiger partial charge is 0.314 e. The number of ether oxygens (including phenoxy) is 3. The highest BCUT2D eigenvalue weighted by Gasteiger charge is 2.52. The van der Waals surface area contributed by atoms with Crippen LogP contribution in [-0.4, -0.2) is 29.9 Å². The van der Waals surface area contributed by atoms with Crippen molar-refractivity contribution in [2.45, 2.75) is 105 Å². The molecule has 0 N–H and O–H groups in total. The molecule has 1 saturated carbocycles. The highest BCUT2D eigenvalue weighted by Crippen LogP contribution is 2.45. The Morgan fingerprint density at radius 1 is 1.25 bits per heavy atom. The van der Waals surface area contributed by atoms with E-state index in [1.54, 1.807) is 0 Å². The lowest BCUT2D eigenvalue weighted by Gasteiger charge is -2.39. The van der Waals surface area contributed by atoms with Gasteiger partial charge < -0.3 is 14.2 Å². The third-order valence-electron chi connectivity index (χ3n) is 6.35. The second kappa shape index (κ2) is 8.73. The first-order chi connectivity index (χ1) is 12.8. The molecule has 1 heterocycles. The van der Waals surface area contributed by atoms with Crippen LogP contribution in [-0.2, 0) is 23.8 Å². The summed E-state index contributed by atoms with van der Waals surface area (Å²) in [5.74, 6) is 0.986. The minimum Gasteiger partial charge on any atom is -0.460 e. The van der Waals surface area contributed by atoms with Gasteiger partial charge in [-0.15, -0.1) is 0 Å². The van der Waals surface area contributed by atoms with Crippen LogP contribution in [0.1, 0.15) is 87.5 Å². The maximum Gasteiger partial charge on any atom is 0.314 e. The molecule has 0 amide bonds. The average molecular weight is 397 g/mol. The van der Waals surface area contributed by atoms with E-state index in [-0.39, 0.29) is 30.4 Å². The number of rotatable bonds is 6. The Morgan fingerprint density at radius 2 is 1.89 bits per heavy atom. The van der Waals surface area contributed by atoms with Gasteiger partial charge in [0.15, 0.2) is 0 Å². The van der Waals surface area contributed by atoms with Crippen LogP contribution in [0.2, 0.25) is 0 Å². The van der Waals surface area contributed by atoms with Crippen molar-refractivity contribution in [2.75, 3.05) is 0 Å². The molecule has 0 spiro atoms. The Labute approximate surface area is 170 Å². The van der Waals surface area contributed by atoms with Gasteiger partial charge in [-0.05, 0) is 71.6 Å². The summed E-state index contributed by atoms with van der Waals surface area (Å²) < 4.78 is 17.6. The van der Waals surface area contributed by atoms with Crippen LogP contribution in [0.5, 0.6) is 0 Å². The first kappa shape index (κ1) is 23.2. The molecule has 0 aromatic heterocycles. The maximum absolute atomic E-state index is 12.5. The molecule has 28 heavy (non-hydrogen) atoms. The van der Waals surface area contributed by atoms with Gasteiger partial charge in [0, 0.05) is 12.3 Å². The van der Waals surface area contributed by atoms with E-state index in [0.29, 0.717) is 24.2 Å². The molecule has 0 unspecified atom stereocenters. The molecule has 0 bridgehead atoms. The fourth-order valence-corrected chi connectivity index (χ4v) is 4.56. The van der Waals surface area contributed by atoms with Gasteiger partial charge in [0.05, 0.1) is 11.5 Å². The fourth-order valence-electron chi connectivity index (χ4n) is 4.56. The lowest BCUT2D eigenvalue weighted by Crippen LogP contribution is -2.39. The maximum atomic E-state index is 12.5. The van der Waals surface area contributed by atoms with E-state index in [0.717, 1.165) is 12.8 Å². The third kappa shape index (κ3) is 5.71. The van der Waals surface area contributed by atoms with Crippen LogP contribution in [0, 0.1) is 29.1 Å². The Kier molecular flexibility index (Phi) is 7.22. The van der Waals surface area contributed by atoms with Gasteiger partial charge in [0.2, 0.25) is 6.29 Å². The van der Waals surface area contributed by atoms with Crippen LogP contribution in [0.25, 0.3) is 0 Å². The molecule has 1 aliphatic carbocycles. The predicted molar refractivity (Wildman–Crippen MR) is 108 cm³/mol. The van der Waals surface area contributed by atoms with Crippen LogP contribution in [0.4, 0.5) is 0 Å². The van der Waals surface area contributed by atoms with E-state index in [1.807, 2.05) is 34.6 Å². The van der Waals surface area contributed by atoms with Gasteiger partial charge in [-0.2, -0.15) is 0 Å². The van der Waals surface area contributed by atoms with Crippen molar-refractivity contribution < 1.29 is 23.8 Å². The number of esters is 2. The molecule has 2 fully saturated rings. The summed E-state index contributed by atoms with van der Waals surface area (Å²) in [7, 11) is 0. The summed E-state index contributed by atoms with van der Waals surface area (Å²) in [4.78, 5) is 24.7. The van der Waals surface area contributed by atoms with Crippen molar-refractivity contribution in [1.29, 1.82) is 0 Å². The van der Waals surface area contributed by atoms with E-state index in [2.05, 4.69) is 20.8 Å². The van der Waals surface area contributed by atoms with E-state index in [9.17, 15) is 9.59 Å². The molecule has 1 aliphatic heterocycles. The van der Waals surface area contributed by atoms with Gasteiger partial charge in [-0.1, -0.05) is 27.2 Å². The third-order valence-corrected chi connectivity index (χ3v) is 6.35. The highest BCUT2D eigenvalue weighted by atomic mass is 16.7. The quantitative estimate of drug-likeness (QED) is 0.584. The summed E-state index contributed by atoms with van der Waals surface area (Å²) in [6.07, 6.45) is 3.66. The summed E-state index contributed by atoms with van der Waals surface area (Å²) in [6, 6.07) is 0. The number of hydrogen-bond acceptors (Lipinski definition) is 5. The number of cyclic esters (lactones) is 1. The Morgan fingerprint density at radius 3 is 2.46 bits per heavy atom. The molecule has 0 aromatic carbocycles. The molecule has 0 radical (unpaired) electrons. The van der Waals surface area contributed by atoms with Gasteiger partial charge >= 0.3 is 11.9 Å². The second-order valence-electron chi connectivity index (χ2n) is 10.7. The molecular weight excluding hydrogens is 356 g/mol. The molecule has 5 heteroatoms. The molecule has 162 valence electrons. The molecule has 2 rings (SSSR count). The number of carbonyl (C=O) groups excluding carboxylic acids is 2. The highest BCUT2D eigenvalue weighted by molar-refractivity contribution is 5.78. The van der Waals surface area contributed by atoms with Gasteiger partial charge in [-0.25, -0.2) is 0 Å². The molecule has 5 atom stereocenters. The SMILES string of the molecule is CC(C)[C@H]1CC[C@H](C)C[C@@H]1O[C@H]1OC(=O)C(C)(C)[C@@H]1CCC(=O)OC(C)(C)C. The largest absolute Gasteiger partial charge is 0.460 e.